The lowest BCUT2D eigenvalue weighted by Crippen LogP contribution is -2.53. The van der Waals surface area contributed by atoms with E-state index in [4.69, 9.17) is 4.74 Å². The molecule has 1 heterocycles. The van der Waals surface area contributed by atoms with Crippen LogP contribution in [-0.4, -0.2) is 30.3 Å². The fourth-order valence-electron chi connectivity index (χ4n) is 3.59. The summed E-state index contributed by atoms with van der Waals surface area (Å²) in [6.07, 6.45) is 1.47. The topological polar surface area (TPSA) is 58.6 Å². The molecule has 1 aliphatic carbocycles. The molecule has 108 valence electrons. The van der Waals surface area contributed by atoms with Crippen LogP contribution in [0.5, 0.6) is 0 Å². The molecule has 2 N–H and O–H groups in total. The fraction of sp³-hybridized carbons (Fsp3) is 0.562. The van der Waals surface area contributed by atoms with Crippen molar-refractivity contribution < 1.29 is 14.6 Å². The number of carbonyl (C=O) groups is 1. The Kier molecular flexibility index (Phi) is 4.03. The number of hydrogen-bond acceptors (Lipinski definition) is 3. The maximum atomic E-state index is 11.2. The summed E-state index contributed by atoms with van der Waals surface area (Å²) in [4.78, 5) is 11.2. The van der Waals surface area contributed by atoms with E-state index in [2.05, 4.69) is 17.4 Å². The van der Waals surface area contributed by atoms with Gasteiger partial charge in [0.1, 0.15) is 0 Å². The van der Waals surface area contributed by atoms with Crippen molar-refractivity contribution >= 4 is 5.97 Å². The van der Waals surface area contributed by atoms with Crippen molar-refractivity contribution in [2.45, 2.75) is 25.4 Å². The third kappa shape index (κ3) is 2.86. The van der Waals surface area contributed by atoms with Crippen molar-refractivity contribution in [2.24, 2.45) is 17.8 Å². The molecule has 1 aliphatic heterocycles. The first-order valence-electron chi connectivity index (χ1n) is 7.32. The second-order valence-corrected chi connectivity index (χ2v) is 5.96. The van der Waals surface area contributed by atoms with E-state index < -0.39 is 5.97 Å². The lowest BCUT2D eigenvalue weighted by molar-refractivity contribution is -0.148. The maximum Gasteiger partial charge on any atom is 0.306 e. The van der Waals surface area contributed by atoms with Crippen molar-refractivity contribution in [3.63, 3.8) is 0 Å². The number of hydrogen-bond donors (Lipinski definition) is 2. The molecule has 1 aromatic carbocycles. The van der Waals surface area contributed by atoms with Gasteiger partial charge in [0.2, 0.25) is 0 Å². The van der Waals surface area contributed by atoms with Gasteiger partial charge in [-0.3, -0.25) is 4.79 Å². The molecule has 0 aromatic heterocycles. The number of fused-ring (bicyclic) bond motifs is 2. The molecule has 0 radical (unpaired) electrons. The highest BCUT2D eigenvalue weighted by molar-refractivity contribution is 5.70. The van der Waals surface area contributed by atoms with Crippen LogP contribution in [0.4, 0.5) is 0 Å². The maximum absolute atomic E-state index is 11.2. The smallest absolute Gasteiger partial charge is 0.306 e. The Morgan fingerprint density at radius 1 is 1.20 bits per heavy atom. The largest absolute Gasteiger partial charge is 0.481 e. The van der Waals surface area contributed by atoms with Gasteiger partial charge < -0.3 is 15.2 Å². The predicted octanol–water partition coefficient (Wildman–Crippen LogP) is 1.90. The van der Waals surface area contributed by atoms with Crippen LogP contribution in [0.3, 0.4) is 0 Å². The Balaban J connectivity index is 1.63. The standard InChI is InChI=1S/C16H21NO3/c18-16(19)12-6-13-9-20-10-14(7-12)15(13)17-8-11-4-2-1-3-5-11/h1-5,12-15,17H,6-10H2,(H,18,19). The van der Waals surface area contributed by atoms with Crippen LogP contribution in [0.2, 0.25) is 0 Å². The molecule has 1 aromatic rings. The van der Waals surface area contributed by atoms with Gasteiger partial charge >= 0.3 is 5.97 Å². The number of carboxylic acid groups (broad SMARTS) is 1. The van der Waals surface area contributed by atoms with Crippen LogP contribution in [0.25, 0.3) is 0 Å². The summed E-state index contributed by atoms with van der Waals surface area (Å²) < 4.78 is 5.61. The normalized spacial score (nSPS) is 32.8. The Hall–Kier alpha value is -1.39. The number of rotatable bonds is 4. The molecule has 2 aliphatic rings. The first-order valence-corrected chi connectivity index (χ1v) is 7.32. The molecule has 0 spiro atoms. The molecule has 1 saturated carbocycles. The number of benzene rings is 1. The predicted molar refractivity (Wildman–Crippen MR) is 75.2 cm³/mol. The van der Waals surface area contributed by atoms with Gasteiger partial charge in [0, 0.05) is 12.6 Å². The molecule has 2 bridgehead atoms. The number of nitrogens with one attached hydrogen (secondary N) is 1. The SMILES string of the molecule is O=C(O)C1CC2COCC(C1)C2NCc1ccccc1. The number of ether oxygens (including phenoxy) is 1. The molecule has 2 fully saturated rings. The van der Waals surface area contributed by atoms with E-state index in [1.54, 1.807) is 0 Å². The van der Waals surface area contributed by atoms with Crippen molar-refractivity contribution in [3.8, 4) is 0 Å². The lowest BCUT2D eigenvalue weighted by Gasteiger charge is -2.45. The Morgan fingerprint density at radius 3 is 2.45 bits per heavy atom. The average Bonchev–Trinajstić information content (AvgIpc) is 2.45. The minimum Gasteiger partial charge on any atom is -0.481 e. The van der Waals surface area contributed by atoms with Crippen LogP contribution in [-0.2, 0) is 16.1 Å². The average molecular weight is 275 g/mol. The van der Waals surface area contributed by atoms with Gasteiger partial charge in [-0.2, -0.15) is 0 Å². The molecule has 20 heavy (non-hydrogen) atoms. The Morgan fingerprint density at radius 2 is 1.85 bits per heavy atom. The molecular weight excluding hydrogens is 254 g/mol. The van der Waals surface area contributed by atoms with Crippen molar-refractivity contribution in [2.75, 3.05) is 13.2 Å². The second kappa shape index (κ2) is 5.94. The van der Waals surface area contributed by atoms with Crippen molar-refractivity contribution in [1.29, 1.82) is 0 Å². The quantitative estimate of drug-likeness (QED) is 0.881. The molecule has 2 atom stereocenters. The van der Waals surface area contributed by atoms with Crippen LogP contribution in [0.1, 0.15) is 18.4 Å². The van der Waals surface area contributed by atoms with Gasteiger partial charge in [0.05, 0.1) is 19.1 Å². The zero-order valence-electron chi connectivity index (χ0n) is 11.5. The van der Waals surface area contributed by atoms with Gasteiger partial charge in [0.25, 0.3) is 0 Å². The molecule has 1 saturated heterocycles. The molecule has 4 heteroatoms. The highest BCUT2D eigenvalue weighted by atomic mass is 16.5. The summed E-state index contributed by atoms with van der Waals surface area (Å²) >= 11 is 0. The molecule has 2 unspecified atom stereocenters. The zero-order chi connectivity index (χ0) is 13.9. The van der Waals surface area contributed by atoms with Crippen LogP contribution in [0.15, 0.2) is 30.3 Å². The minimum absolute atomic E-state index is 0.191. The first kappa shape index (κ1) is 13.6. The number of aliphatic carboxylic acids is 1. The van der Waals surface area contributed by atoms with Crippen LogP contribution >= 0.6 is 0 Å². The summed E-state index contributed by atoms with van der Waals surface area (Å²) in [6.45, 7) is 2.22. The molecule has 4 nitrogen and oxygen atoms in total. The van der Waals surface area contributed by atoms with E-state index in [-0.39, 0.29) is 5.92 Å². The van der Waals surface area contributed by atoms with Gasteiger partial charge in [-0.25, -0.2) is 0 Å². The van der Waals surface area contributed by atoms with E-state index in [9.17, 15) is 9.90 Å². The highest BCUT2D eigenvalue weighted by Gasteiger charge is 2.42. The first-order chi connectivity index (χ1) is 9.74. The Labute approximate surface area is 119 Å². The summed E-state index contributed by atoms with van der Waals surface area (Å²) in [6, 6.07) is 10.7. The molecule has 0 amide bonds. The van der Waals surface area contributed by atoms with E-state index in [1.165, 1.54) is 5.56 Å². The van der Waals surface area contributed by atoms with E-state index in [0.717, 1.165) is 19.4 Å². The van der Waals surface area contributed by atoms with Gasteiger partial charge in [0.15, 0.2) is 0 Å². The number of carboxylic acids is 1. The van der Waals surface area contributed by atoms with Crippen molar-refractivity contribution in [1.82, 2.24) is 5.32 Å². The Bertz CT molecular complexity index is 448. The summed E-state index contributed by atoms with van der Waals surface area (Å²) in [5, 5.41) is 12.9. The van der Waals surface area contributed by atoms with E-state index >= 15 is 0 Å². The molecule has 3 rings (SSSR count). The van der Waals surface area contributed by atoms with Gasteiger partial charge in [-0.1, -0.05) is 30.3 Å². The van der Waals surface area contributed by atoms with Crippen LogP contribution < -0.4 is 5.32 Å². The van der Waals surface area contributed by atoms with Crippen molar-refractivity contribution in [3.05, 3.63) is 35.9 Å². The summed E-state index contributed by atoms with van der Waals surface area (Å²) in [7, 11) is 0. The zero-order valence-corrected chi connectivity index (χ0v) is 11.5. The fourth-order valence-corrected chi connectivity index (χ4v) is 3.59. The van der Waals surface area contributed by atoms with Crippen LogP contribution in [0, 0.1) is 17.8 Å². The lowest BCUT2D eigenvalue weighted by atomic mass is 9.70. The third-order valence-electron chi connectivity index (χ3n) is 4.59. The van der Waals surface area contributed by atoms with E-state index in [1.807, 2.05) is 18.2 Å². The van der Waals surface area contributed by atoms with E-state index in [0.29, 0.717) is 31.1 Å². The third-order valence-corrected chi connectivity index (χ3v) is 4.59. The second-order valence-electron chi connectivity index (χ2n) is 5.96. The minimum atomic E-state index is -0.650. The monoisotopic (exact) mass is 275 g/mol. The van der Waals surface area contributed by atoms with Gasteiger partial charge in [-0.15, -0.1) is 0 Å². The van der Waals surface area contributed by atoms with Gasteiger partial charge in [-0.05, 0) is 30.2 Å². The highest BCUT2D eigenvalue weighted by Crippen LogP contribution is 2.37. The summed E-state index contributed by atoms with van der Waals surface area (Å²) in [5.41, 5.74) is 1.27. The molecular formula is C16H21NO3. The summed E-state index contributed by atoms with van der Waals surface area (Å²) in [5.74, 6) is -0.188.